The summed E-state index contributed by atoms with van der Waals surface area (Å²) >= 11 is 0. The van der Waals surface area contributed by atoms with Gasteiger partial charge in [-0.25, -0.2) is 4.98 Å². The van der Waals surface area contributed by atoms with E-state index in [1.807, 2.05) is 53.4 Å². The van der Waals surface area contributed by atoms with Crippen molar-refractivity contribution in [3.8, 4) is 0 Å². The predicted octanol–water partition coefficient (Wildman–Crippen LogP) is 6.65. The van der Waals surface area contributed by atoms with Crippen LogP contribution in [0.5, 0.6) is 0 Å². The highest BCUT2D eigenvalue weighted by atomic mass is 16.2. The molecule has 0 saturated heterocycles. The molecule has 1 amide bonds. The van der Waals surface area contributed by atoms with E-state index < -0.39 is 0 Å². The number of imidazole rings is 1. The third-order valence-electron chi connectivity index (χ3n) is 6.64. The van der Waals surface area contributed by atoms with Crippen molar-refractivity contribution < 1.29 is 4.79 Å². The van der Waals surface area contributed by atoms with Crippen molar-refractivity contribution in [1.82, 2.24) is 14.5 Å². The van der Waals surface area contributed by atoms with E-state index in [4.69, 9.17) is 4.98 Å². The minimum absolute atomic E-state index is 0.0787. The molecule has 0 N–H and O–H groups in total. The van der Waals surface area contributed by atoms with E-state index in [1.165, 1.54) is 0 Å². The zero-order valence-electron chi connectivity index (χ0n) is 20.8. The highest BCUT2D eigenvalue weighted by molar-refractivity contribution is 5.81. The van der Waals surface area contributed by atoms with Crippen LogP contribution in [0.2, 0.25) is 0 Å². The van der Waals surface area contributed by atoms with Crippen molar-refractivity contribution in [2.45, 2.75) is 38.9 Å². The predicted molar refractivity (Wildman–Crippen MR) is 146 cm³/mol. The average molecular weight is 474 g/mol. The van der Waals surface area contributed by atoms with Gasteiger partial charge in [0.1, 0.15) is 12.4 Å². The van der Waals surface area contributed by atoms with Gasteiger partial charge in [0.25, 0.3) is 0 Å². The summed E-state index contributed by atoms with van der Waals surface area (Å²) in [5.74, 6) is 0.873. The molecule has 0 aliphatic rings. The summed E-state index contributed by atoms with van der Waals surface area (Å²) in [5.41, 5.74) is 5.30. The first-order valence-electron chi connectivity index (χ1n) is 12.5. The van der Waals surface area contributed by atoms with Crippen LogP contribution < -0.4 is 0 Å². The molecule has 0 aliphatic heterocycles. The highest BCUT2D eigenvalue weighted by Gasteiger charge is 2.26. The van der Waals surface area contributed by atoms with Gasteiger partial charge in [-0.05, 0) is 42.7 Å². The first kappa shape index (κ1) is 23.6. The molecule has 0 fully saturated rings. The SMILES string of the molecule is CC(C)N(Cc1ccccc1)C(=O)Cn1c(C(c2ccccc2)c2ccccc2)nc2ccccc21. The number of fused-ring (bicyclic) bond motifs is 1. The van der Waals surface area contributed by atoms with Crippen LogP contribution in [0.3, 0.4) is 0 Å². The Balaban J connectivity index is 1.59. The molecule has 0 atom stereocenters. The summed E-state index contributed by atoms with van der Waals surface area (Å²) < 4.78 is 2.11. The van der Waals surface area contributed by atoms with Gasteiger partial charge < -0.3 is 9.47 Å². The van der Waals surface area contributed by atoms with Crippen LogP contribution in [0.4, 0.5) is 0 Å². The second kappa shape index (κ2) is 10.6. The van der Waals surface area contributed by atoms with Crippen molar-refractivity contribution >= 4 is 16.9 Å². The Bertz CT molecular complexity index is 1390. The number of hydrogen-bond donors (Lipinski definition) is 0. The van der Waals surface area contributed by atoms with E-state index in [0.717, 1.165) is 33.5 Å². The van der Waals surface area contributed by atoms with Crippen LogP contribution in [-0.2, 0) is 17.9 Å². The fraction of sp³-hybridized carbons (Fsp3) is 0.188. The van der Waals surface area contributed by atoms with Gasteiger partial charge in [-0.1, -0.05) is 103 Å². The minimum Gasteiger partial charge on any atom is -0.334 e. The second-order valence-electron chi connectivity index (χ2n) is 9.40. The maximum absolute atomic E-state index is 13.8. The molecule has 1 aromatic heterocycles. The number of hydrogen-bond acceptors (Lipinski definition) is 2. The molecule has 0 aliphatic carbocycles. The number of para-hydroxylation sites is 2. The van der Waals surface area contributed by atoms with Crippen molar-refractivity contribution in [3.05, 3.63) is 138 Å². The molecule has 180 valence electrons. The van der Waals surface area contributed by atoms with E-state index in [9.17, 15) is 4.79 Å². The van der Waals surface area contributed by atoms with Gasteiger partial charge in [0.05, 0.1) is 17.0 Å². The summed E-state index contributed by atoms with van der Waals surface area (Å²) in [6.45, 7) is 4.96. The number of carbonyl (C=O) groups is 1. The number of rotatable bonds is 8. The summed E-state index contributed by atoms with van der Waals surface area (Å²) in [4.78, 5) is 20.9. The molecule has 4 heteroatoms. The van der Waals surface area contributed by atoms with Gasteiger partial charge in [0.15, 0.2) is 0 Å². The number of aromatic nitrogens is 2. The molecule has 5 aromatic rings. The number of benzene rings is 4. The second-order valence-corrected chi connectivity index (χ2v) is 9.40. The fourth-order valence-corrected chi connectivity index (χ4v) is 4.83. The van der Waals surface area contributed by atoms with Crippen LogP contribution in [0.15, 0.2) is 115 Å². The first-order valence-corrected chi connectivity index (χ1v) is 12.5. The summed E-state index contributed by atoms with van der Waals surface area (Å²) in [6.07, 6.45) is 0. The van der Waals surface area contributed by atoms with E-state index in [-0.39, 0.29) is 24.4 Å². The minimum atomic E-state index is -0.0887. The van der Waals surface area contributed by atoms with Crippen LogP contribution in [-0.4, -0.2) is 26.4 Å². The molecule has 36 heavy (non-hydrogen) atoms. The van der Waals surface area contributed by atoms with E-state index >= 15 is 0 Å². The van der Waals surface area contributed by atoms with Gasteiger partial charge >= 0.3 is 0 Å². The Morgan fingerprint density at radius 1 is 0.750 bits per heavy atom. The molecule has 0 saturated carbocycles. The average Bonchev–Trinajstić information content (AvgIpc) is 3.26. The molecule has 1 heterocycles. The quantitative estimate of drug-likeness (QED) is 0.253. The zero-order chi connectivity index (χ0) is 24.9. The first-order chi connectivity index (χ1) is 17.6. The molecular formula is C32H31N3O. The van der Waals surface area contributed by atoms with E-state index in [2.05, 4.69) is 85.1 Å². The Morgan fingerprint density at radius 2 is 1.28 bits per heavy atom. The lowest BCUT2D eigenvalue weighted by atomic mass is 9.90. The lowest BCUT2D eigenvalue weighted by molar-refractivity contribution is -0.134. The normalized spacial score (nSPS) is 11.3. The summed E-state index contributed by atoms with van der Waals surface area (Å²) in [5, 5.41) is 0. The third kappa shape index (κ3) is 4.94. The van der Waals surface area contributed by atoms with Crippen LogP contribution in [0.25, 0.3) is 11.0 Å². The molecule has 5 rings (SSSR count). The van der Waals surface area contributed by atoms with Gasteiger partial charge in [0.2, 0.25) is 5.91 Å². The van der Waals surface area contributed by atoms with Crippen LogP contribution >= 0.6 is 0 Å². The topological polar surface area (TPSA) is 38.1 Å². The Morgan fingerprint density at radius 3 is 1.86 bits per heavy atom. The summed E-state index contributed by atoms with van der Waals surface area (Å²) in [6, 6.07) is 39.2. The lowest BCUT2D eigenvalue weighted by Crippen LogP contribution is -2.39. The van der Waals surface area contributed by atoms with Crippen LogP contribution in [0, 0.1) is 0 Å². The zero-order valence-corrected chi connectivity index (χ0v) is 20.8. The highest BCUT2D eigenvalue weighted by Crippen LogP contribution is 2.33. The Labute approximate surface area is 212 Å². The van der Waals surface area contributed by atoms with Gasteiger partial charge in [-0.3, -0.25) is 4.79 Å². The fourth-order valence-electron chi connectivity index (χ4n) is 4.83. The van der Waals surface area contributed by atoms with Gasteiger partial charge in [-0.2, -0.15) is 0 Å². The maximum Gasteiger partial charge on any atom is 0.243 e. The lowest BCUT2D eigenvalue weighted by Gasteiger charge is -2.28. The standard InChI is InChI=1S/C32H31N3O/c1-24(2)34(22-25-14-6-3-7-15-25)30(36)23-35-29-21-13-12-20-28(29)33-32(35)31(26-16-8-4-9-17-26)27-18-10-5-11-19-27/h3-21,24,31H,22-23H2,1-2H3. The van der Waals surface area contributed by atoms with Crippen molar-refractivity contribution in [1.29, 1.82) is 0 Å². The van der Waals surface area contributed by atoms with Crippen LogP contribution in [0.1, 0.15) is 42.3 Å². The van der Waals surface area contributed by atoms with Crippen molar-refractivity contribution in [2.24, 2.45) is 0 Å². The molecular weight excluding hydrogens is 442 g/mol. The summed E-state index contributed by atoms with van der Waals surface area (Å²) in [7, 11) is 0. The molecule has 4 aromatic carbocycles. The molecule has 0 spiro atoms. The van der Waals surface area contributed by atoms with E-state index in [0.29, 0.717) is 6.54 Å². The smallest absolute Gasteiger partial charge is 0.243 e. The van der Waals surface area contributed by atoms with Crippen molar-refractivity contribution in [2.75, 3.05) is 0 Å². The molecule has 0 bridgehead atoms. The molecule has 0 unspecified atom stereocenters. The van der Waals surface area contributed by atoms with Crippen molar-refractivity contribution in [3.63, 3.8) is 0 Å². The number of nitrogens with zero attached hydrogens (tertiary/aromatic N) is 3. The monoisotopic (exact) mass is 473 g/mol. The molecule has 0 radical (unpaired) electrons. The largest absolute Gasteiger partial charge is 0.334 e. The van der Waals surface area contributed by atoms with E-state index in [1.54, 1.807) is 0 Å². The maximum atomic E-state index is 13.8. The molecule has 4 nitrogen and oxygen atoms in total. The van der Waals surface area contributed by atoms with Gasteiger partial charge in [-0.15, -0.1) is 0 Å². The van der Waals surface area contributed by atoms with Gasteiger partial charge in [0, 0.05) is 12.6 Å². The Kier molecular flexibility index (Phi) is 6.94. The number of carbonyl (C=O) groups excluding carboxylic acids is 1. The third-order valence-corrected chi connectivity index (χ3v) is 6.64. The number of amides is 1. The Hall–Kier alpha value is -4.18.